The molecule has 1 fully saturated rings. The van der Waals surface area contributed by atoms with E-state index in [9.17, 15) is 8.42 Å². The number of sulfone groups is 1. The van der Waals surface area contributed by atoms with Crippen molar-refractivity contribution >= 4 is 25.8 Å². The van der Waals surface area contributed by atoms with E-state index in [4.69, 9.17) is 4.42 Å². The van der Waals surface area contributed by atoms with Crippen molar-refractivity contribution in [3.63, 3.8) is 0 Å². The zero-order valence-electron chi connectivity index (χ0n) is 11.1. The predicted molar refractivity (Wildman–Crippen MR) is 78.9 cm³/mol. The van der Waals surface area contributed by atoms with Crippen molar-refractivity contribution in [2.45, 2.75) is 43.9 Å². The second kappa shape index (κ2) is 6.41. The first-order chi connectivity index (χ1) is 9.06. The highest BCUT2D eigenvalue weighted by molar-refractivity contribution is 9.10. The molecule has 1 saturated heterocycles. The molecule has 2 atom stereocenters. The summed E-state index contributed by atoms with van der Waals surface area (Å²) in [5.74, 6) is 0.990. The van der Waals surface area contributed by atoms with Gasteiger partial charge in [-0.15, -0.1) is 0 Å². The minimum absolute atomic E-state index is 0.255. The average molecular weight is 350 g/mol. The molecule has 1 aliphatic heterocycles. The Bertz CT molecular complexity index is 512. The molecule has 0 spiro atoms. The molecule has 1 N–H and O–H groups in total. The monoisotopic (exact) mass is 349 g/mol. The zero-order valence-corrected chi connectivity index (χ0v) is 13.5. The van der Waals surface area contributed by atoms with Gasteiger partial charge in [-0.3, -0.25) is 0 Å². The van der Waals surface area contributed by atoms with Gasteiger partial charge in [0.1, 0.15) is 5.76 Å². The van der Waals surface area contributed by atoms with Crippen LogP contribution in [0.15, 0.2) is 21.2 Å². The van der Waals surface area contributed by atoms with Crippen LogP contribution in [0.4, 0.5) is 0 Å². The molecular formula is C13H20BrNO3S. The minimum atomic E-state index is -3.04. The number of hydrogen-bond acceptors (Lipinski definition) is 4. The number of nitrogens with one attached hydrogen (secondary N) is 1. The summed E-state index contributed by atoms with van der Waals surface area (Å²) in [4.78, 5) is 0. The topological polar surface area (TPSA) is 59.3 Å². The summed E-state index contributed by atoms with van der Waals surface area (Å²) in [6.45, 7) is 2.85. The molecule has 0 saturated carbocycles. The van der Waals surface area contributed by atoms with E-state index in [1.165, 1.54) is 0 Å². The summed E-state index contributed by atoms with van der Waals surface area (Å²) in [6, 6.07) is 1.56. The van der Waals surface area contributed by atoms with Crippen LogP contribution in [0.5, 0.6) is 0 Å². The molecule has 2 heterocycles. The molecule has 4 nitrogen and oxygen atoms in total. The molecule has 0 amide bonds. The Morgan fingerprint density at radius 1 is 1.53 bits per heavy atom. The van der Waals surface area contributed by atoms with Crippen LogP contribution < -0.4 is 5.32 Å². The van der Waals surface area contributed by atoms with Gasteiger partial charge in [-0.1, -0.05) is 13.3 Å². The zero-order chi connectivity index (χ0) is 13.9. The second-order valence-corrected chi connectivity index (χ2v) is 8.16. The number of halogens is 1. The maximum absolute atomic E-state index is 12.3. The Morgan fingerprint density at radius 3 is 2.89 bits per heavy atom. The van der Waals surface area contributed by atoms with Crippen LogP contribution in [-0.2, 0) is 9.84 Å². The first kappa shape index (κ1) is 15.1. The molecule has 0 aromatic carbocycles. The van der Waals surface area contributed by atoms with E-state index in [0.29, 0.717) is 17.9 Å². The van der Waals surface area contributed by atoms with E-state index in [2.05, 4.69) is 28.2 Å². The summed E-state index contributed by atoms with van der Waals surface area (Å²) in [5, 5.41) is 2.96. The van der Waals surface area contributed by atoms with Crippen molar-refractivity contribution < 1.29 is 12.8 Å². The SMILES string of the molecule is CCCNC(c1occc1Br)C1CCCCS1(=O)=O. The lowest BCUT2D eigenvalue weighted by Gasteiger charge is -2.29. The maximum atomic E-state index is 12.3. The highest BCUT2D eigenvalue weighted by Crippen LogP contribution is 2.34. The molecule has 108 valence electrons. The van der Waals surface area contributed by atoms with Gasteiger partial charge in [-0.25, -0.2) is 8.42 Å². The van der Waals surface area contributed by atoms with Crippen molar-refractivity contribution in [2.75, 3.05) is 12.3 Å². The van der Waals surface area contributed by atoms with Crippen LogP contribution in [0, 0.1) is 0 Å². The average Bonchev–Trinajstić information content (AvgIpc) is 2.78. The van der Waals surface area contributed by atoms with Gasteiger partial charge in [0.15, 0.2) is 9.84 Å². The third-order valence-electron chi connectivity index (χ3n) is 3.54. The fraction of sp³-hybridized carbons (Fsp3) is 0.692. The standard InChI is InChI=1S/C13H20BrNO3S/c1-2-7-15-12(13-10(14)6-8-18-13)11-5-3-4-9-19(11,16)17/h6,8,11-12,15H,2-5,7,9H2,1H3. The summed E-state index contributed by atoms with van der Waals surface area (Å²) >= 11 is 3.43. The van der Waals surface area contributed by atoms with Gasteiger partial charge in [0.25, 0.3) is 0 Å². The Morgan fingerprint density at radius 2 is 2.32 bits per heavy atom. The van der Waals surface area contributed by atoms with Crippen molar-refractivity contribution in [1.29, 1.82) is 0 Å². The molecule has 1 aromatic rings. The molecule has 0 bridgehead atoms. The van der Waals surface area contributed by atoms with Crippen molar-refractivity contribution in [2.24, 2.45) is 0 Å². The van der Waals surface area contributed by atoms with E-state index in [-0.39, 0.29) is 11.3 Å². The van der Waals surface area contributed by atoms with Gasteiger partial charge in [-0.05, 0) is 47.8 Å². The Hall–Kier alpha value is -0.330. The lowest BCUT2D eigenvalue weighted by Crippen LogP contribution is -2.40. The fourth-order valence-electron chi connectivity index (χ4n) is 2.57. The molecule has 6 heteroatoms. The van der Waals surface area contributed by atoms with Crippen molar-refractivity contribution in [3.8, 4) is 0 Å². The van der Waals surface area contributed by atoms with Gasteiger partial charge < -0.3 is 9.73 Å². The molecule has 0 radical (unpaired) electrons. The predicted octanol–water partition coefficient (Wildman–Crippen LogP) is 3.05. The van der Waals surface area contributed by atoms with Gasteiger partial charge >= 0.3 is 0 Å². The highest BCUT2D eigenvalue weighted by Gasteiger charge is 2.38. The summed E-state index contributed by atoms with van der Waals surface area (Å²) in [6.07, 6.45) is 5.00. The number of rotatable bonds is 5. The first-order valence-electron chi connectivity index (χ1n) is 6.74. The van der Waals surface area contributed by atoms with Crippen LogP contribution in [0.2, 0.25) is 0 Å². The Labute approximate surface area is 123 Å². The van der Waals surface area contributed by atoms with Crippen molar-refractivity contribution in [3.05, 3.63) is 22.6 Å². The molecule has 19 heavy (non-hydrogen) atoms. The van der Waals surface area contributed by atoms with Crippen LogP contribution >= 0.6 is 15.9 Å². The van der Waals surface area contributed by atoms with Gasteiger partial charge in [-0.2, -0.15) is 0 Å². The van der Waals surface area contributed by atoms with Gasteiger partial charge in [0.2, 0.25) is 0 Å². The molecule has 2 rings (SSSR count). The van der Waals surface area contributed by atoms with Crippen LogP contribution in [0.25, 0.3) is 0 Å². The van der Waals surface area contributed by atoms with E-state index in [0.717, 1.165) is 30.3 Å². The van der Waals surface area contributed by atoms with E-state index >= 15 is 0 Å². The Kier molecular flexibility index (Phi) is 5.09. The molecule has 1 aliphatic rings. The van der Waals surface area contributed by atoms with Crippen LogP contribution in [-0.4, -0.2) is 26.0 Å². The third-order valence-corrected chi connectivity index (χ3v) is 6.49. The van der Waals surface area contributed by atoms with E-state index < -0.39 is 9.84 Å². The largest absolute Gasteiger partial charge is 0.466 e. The summed E-state index contributed by atoms with van der Waals surface area (Å²) in [5.41, 5.74) is 0. The number of hydrogen-bond donors (Lipinski definition) is 1. The minimum Gasteiger partial charge on any atom is -0.466 e. The van der Waals surface area contributed by atoms with Crippen molar-refractivity contribution in [1.82, 2.24) is 5.32 Å². The quantitative estimate of drug-likeness (QED) is 0.887. The van der Waals surface area contributed by atoms with E-state index in [1.807, 2.05) is 6.07 Å². The fourth-order valence-corrected chi connectivity index (χ4v) is 5.09. The summed E-state index contributed by atoms with van der Waals surface area (Å²) in [7, 11) is -3.04. The molecule has 2 unspecified atom stereocenters. The lowest BCUT2D eigenvalue weighted by molar-refractivity contribution is 0.375. The second-order valence-electron chi connectivity index (χ2n) is 4.97. The Balaban J connectivity index is 2.29. The third kappa shape index (κ3) is 3.41. The number of furan rings is 1. The molecule has 1 aromatic heterocycles. The normalized spacial score (nSPS) is 24.2. The highest BCUT2D eigenvalue weighted by atomic mass is 79.9. The van der Waals surface area contributed by atoms with Crippen LogP contribution in [0.1, 0.15) is 44.4 Å². The smallest absolute Gasteiger partial charge is 0.155 e. The summed E-state index contributed by atoms with van der Waals surface area (Å²) < 4.78 is 30.9. The lowest BCUT2D eigenvalue weighted by atomic mass is 10.0. The maximum Gasteiger partial charge on any atom is 0.155 e. The van der Waals surface area contributed by atoms with E-state index in [1.54, 1.807) is 6.26 Å². The van der Waals surface area contributed by atoms with Gasteiger partial charge in [0, 0.05) is 0 Å². The molecular weight excluding hydrogens is 330 g/mol. The van der Waals surface area contributed by atoms with Gasteiger partial charge in [0.05, 0.1) is 27.8 Å². The van der Waals surface area contributed by atoms with Crippen LogP contribution in [0.3, 0.4) is 0 Å². The first-order valence-corrected chi connectivity index (χ1v) is 9.25. The molecule has 0 aliphatic carbocycles.